The molecule has 0 bridgehead atoms. The van der Waals surface area contributed by atoms with Crippen LogP contribution in [0.1, 0.15) is 15.2 Å². The number of carbonyl (C=O) groups excluding carboxylic acids is 1. The number of nitrogens with one attached hydrogen (secondary N) is 1. The van der Waals surface area contributed by atoms with Crippen molar-refractivity contribution in [2.24, 2.45) is 5.10 Å². The van der Waals surface area contributed by atoms with Crippen LogP contribution in [-0.4, -0.2) is 12.1 Å². The first kappa shape index (κ1) is 12.3. The van der Waals surface area contributed by atoms with Gasteiger partial charge < -0.3 is 0 Å². The van der Waals surface area contributed by atoms with Gasteiger partial charge in [0.2, 0.25) is 0 Å². The van der Waals surface area contributed by atoms with Gasteiger partial charge in [-0.15, -0.1) is 11.3 Å². The molecule has 1 aromatic carbocycles. The number of allylic oxidation sites excluding steroid dienone is 1. The van der Waals surface area contributed by atoms with Gasteiger partial charge in [-0.1, -0.05) is 42.5 Å². The van der Waals surface area contributed by atoms with Crippen molar-refractivity contribution in [1.29, 1.82) is 0 Å². The third-order valence-electron chi connectivity index (χ3n) is 2.16. The number of hydrazone groups is 1. The lowest BCUT2D eigenvalue weighted by atomic mass is 10.2. The van der Waals surface area contributed by atoms with Crippen molar-refractivity contribution in [1.82, 2.24) is 5.43 Å². The molecule has 0 fully saturated rings. The Morgan fingerprint density at radius 1 is 1.17 bits per heavy atom. The standard InChI is InChI=1S/C14H12N2OS/c17-14(13-9-5-11-18-13)16-15-10-4-8-12-6-2-1-3-7-12/h1-11H,(H,16,17)/b8-4+,15-10?. The molecule has 0 saturated carbocycles. The number of amides is 1. The van der Waals surface area contributed by atoms with E-state index < -0.39 is 0 Å². The van der Waals surface area contributed by atoms with Crippen molar-refractivity contribution >= 4 is 29.5 Å². The summed E-state index contributed by atoms with van der Waals surface area (Å²) < 4.78 is 0. The summed E-state index contributed by atoms with van der Waals surface area (Å²) in [5.74, 6) is -0.186. The van der Waals surface area contributed by atoms with Crippen LogP contribution >= 0.6 is 11.3 Å². The fraction of sp³-hybridized carbons (Fsp3) is 0. The second-order valence-electron chi connectivity index (χ2n) is 3.47. The normalized spacial score (nSPS) is 11.1. The van der Waals surface area contributed by atoms with E-state index in [-0.39, 0.29) is 5.91 Å². The van der Waals surface area contributed by atoms with E-state index in [0.717, 1.165) is 5.56 Å². The highest BCUT2D eigenvalue weighted by Gasteiger charge is 2.02. The summed E-state index contributed by atoms with van der Waals surface area (Å²) in [6.45, 7) is 0. The molecule has 0 unspecified atom stereocenters. The maximum Gasteiger partial charge on any atom is 0.281 e. The molecule has 1 N–H and O–H groups in total. The predicted octanol–water partition coefficient (Wildman–Crippen LogP) is 3.18. The molecule has 3 nitrogen and oxygen atoms in total. The lowest BCUT2D eigenvalue weighted by Crippen LogP contribution is -2.15. The van der Waals surface area contributed by atoms with Crippen LogP contribution in [0.4, 0.5) is 0 Å². The van der Waals surface area contributed by atoms with Gasteiger partial charge in [0.15, 0.2) is 0 Å². The zero-order valence-electron chi connectivity index (χ0n) is 9.61. The number of nitrogens with zero attached hydrogens (tertiary/aromatic N) is 1. The van der Waals surface area contributed by atoms with Crippen LogP contribution in [0.25, 0.3) is 6.08 Å². The molecule has 0 aliphatic rings. The highest BCUT2D eigenvalue weighted by atomic mass is 32.1. The summed E-state index contributed by atoms with van der Waals surface area (Å²) in [4.78, 5) is 12.2. The highest BCUT2D eigenvalue weighted by Crippen LogP contribution is 2.07. The smallest absolute Gasteiger partial charge is 0.266 e. The van der Waals surface area contributed by atoms with Crippen molar-refractivity contribution in [2.75, 3.05) is 0 Å². The first-order chi connectivity index (χ1) is 8.86. The summed E-state index contributed by atoms with van der Waals surface area (Å²) in [6.07, 6.45) is 5.25. The van der Waals surface area contributed by atoms with Crippen molar-refractivity contribution < 1.29 is 4.79 Å². The summed E-state index contributed by atoms with van der Waals surface area (Å²) in [7, 11) is 0. The minimum atomic E-state index is -0.186. The Morgan fingerprint density at radius 3 is 2.72 bits per heavy atom. The van der Waals surface area contributed by atoms with E-state index in [1.165, 1.54) is 11.3 Å². The Balaban J connectivity index is 1.82. The number of benzene rings is 1. The van der Waals surface area contributed by atoms with E-state index in [1.807, 2.05) is 47.9 Å². The number of carbonyl (C=O) groups is 1. The molecule has 1 aromatic heterocycles. The average Bonchev–Trinajstić information content (AvgIpc) is 2.93. The van der Waals surface area contributed by atoms with Crippen molar-refractivity contribution in [3.63, 3.8) is 0 Å². The minimum absolute atomic E-state index is 0.186. The summed E-state index contributed by atoms with van der Waals surface area (Å²) >= 11 is 1.39. The van der Waals surface area contributed by atoms with Crippen LogP contribution in [0.15, 0.2) is 59.0 Å². The van der Waals surface area contributed by atoms with Gasteiger partial charge in [-0.2, -0.15) is 5.10 Å². The Morgan fingerprint density at radius 2 is 2.00 bits per heavy atom. The Bertz CT molecular complexity index is 544. The van der Waals surface area contributed by atoms with Crippen LogP contribution in [0, 0.1) is 0 Å². The van der Waals surface area contributed by atoms with Gasteiger partial charge in [-0.25, -0.2) is 5.43 Å². The van der Waals surface area contributed by atoms with E-state index in [9.17, 15) is 4.79 Å². The van der Waals surface area contributed by atoms with Crippen LogP contribution in [-0.2, 0) is 0 Å². The van der Waals surface area contributed by atoms with Crippen LogP contribution in [0.2, 0.25) is 0 Å². The molecule has 18 heavy (non-hydrogen) atoms. The largest absolute Gasteiger partial charge is 0.281 e. The molecule has 2 rings (SSSR count). The maximum absolute atomic E-state index is 11.5. The topological polar surface area (TPSA) is 41.5 Å². The van der Waals surface area contributed by atoms with Gasteiger partial charge >= 0.3 is 0 Å². The maximum atomic E-state index is 11.5. The monoisotopic (exact) mass is 256 g/mol. The molecule has 1 heterocycles. The van der Waals surface area contributed by atoms with Crippen LogP contribution < -0.4 is 5.43 Å². The molecule has 0 spiro atoms. The molecule has 4 heteroatoms. The van der Waals surface area contributed by atoms with Gasteiger partial charge in [0.25, 0.3) is 5.91 Å². The van der Waals surface area contributed by atoms with Crippen molar-refractivity contribution in [2.45, 2.75) is 0 Å². The Kier molecular flexibility index (Phi) is 4.44. The second-order valence-corrected chi connectivity index (χ2v) is 4.41. The van der Waals surface area contributed by atoms with E-state index in [0.29, 0.717) is 4.88 Å². The van der Waals surface area contributed by atoms with E-state index >= 15 is 0 Å². The van der Waals surface area contributed by atoms with Gasteiger partial charge in [-0.3, -0.25) is 4.79 Å². The zero-order chi connectivity index (χ0) is 12.6. The molecule has 0 saturated heterocycles. The fourth-order valence-electron chi connectivity index (χ4n) is 1.32. The Hall–Kier alpha value is -2.20. The second kappa shape index (κ2) is 6.51. The first-order valence-corrected chi connectivity index (χ1v) is 6.33. The van der Waals surface area contributed by atoms with E-state index in [4.69, 9.17) is 0 Å². The fourth-order valence-corrected chi connectivity index (χ4v) is 1.93. The summed E-state index contributed by atoms with van der Waals surface area (Å²) in [5.41, 5.74) is 3.55. The molecule has 2 aromatic rings. The molecular formula is C14H12N2OS. The quantitative estimate of drug-likeness (QED) is 0.662. The molecule has 90 valence electrons. The third kappa shape index (κ3) is 3.68. The minimum Gasteiger partial charge on any atom is -0.266 e. The van der Waals surface area contributed by atoms with Crippen LogP contribution in [0.5, 0.6) is 0 Å². The Labute approximate surface area is 109 Å². The first-order valence-electron chi connectivity index (χ1n) is 5.45. The number of hydrogen-bond acceptors (Lipinski definition) is 3. The summed E-state index contributed by atoms with van der Waals surface area (Å²) in [6, 6.07) is 13.5. The van der Waals surface area contributed by atoms with Gasteiger partial charge in [0, 0.05) is 6.21 Å². The van der Waals surface area contributed by atoms with Gasteiger partial charge in [0.1, 0.15) is 0 Å². The molecule has 0 aliphatic heterocycles. The van der Waals surface area contributed by atoms with Crippen LogP contribution in [0.3, 0.4) is 0 Å². The summed E-state index contributed by atoms with van der Waals surface area (Å²) in [5, 5.41) is 5.69. The van der Waals surface area contributed by atoms with Crippen molar-refractivity contribution in [3.05, 3.63) is 64.4 Å². The molecule has 0 radical (unpaired) electrons. The average molecular weight is 256 g/mol. The molecular weight excluding hydrogens is 244 g/mol. The lowest BCUT2D eigenvalue weighted by Gasteiger charge is -1.93. The van der Waals surface area contributed by atoms with E-state index in [1.54, 1.807) is 18.4 Å². The number of thiophene rings is 1. The van der Waals surface area contributed by atoms with Gasteiger partial charge in [0.05, 0.1) is 4.88 Å². The zero-order valence-corrected chi connectivity index (χ0v) is 10.4. The number of rotatable bonds is 4. The SMILES string of the molecule is O=C(NN=C/C=C/c1ccccc1)c1cccs1. The third-order valence-corrected chi connectivity index (χ3v) is 3.03. The highest BCUT2D eigenvalue weighted by molar-refractivity contribution is 7.12. The molecule has 0 aliphatic carbocycles. The van der Waals surface area contributed by atoms with Gasteiger partial charge in [-0.05, 0) is 23.1 Å². The predicted molar refractivity (Wildman–Crippen MR) is 75.8 cm³/mol. The lowest BCUT2D eigenvalue weighted by molar-refractivity contribution is 0.0959. The molecule has 1 amide bonds. The van der Waals surface area contributed by atoms with E-state index in [2.05, 4.69) is 10.5 Å². The van der Waals surface area contributed by atoms with Crippen molar-refractivity contribution in [3.8, 4) is 0 Å². The molecule has 0 atom stereocenters. The number of hydrogen-bond donors (Lipinski definition) is 1.